The first kappa shape index (κ1) is 12.7. The summed E-state index contributed by atoms with van der Waals surface area (Å²) in [5.41, 5.74) is 0.746. The van der Waals surface area contributed by atoms with Crippen LogP contribution in [0.4, 0.5) is 0 Å². The van der Waals surface area contributed by atoms with Crippen molar-refractivity contribution in [3.63, 3.8) is 0 Å². The summed E-state index contributed by atoms with van der Waals surface area (Å²) in [5.74, 6) is 0.690. The molecule has 16 heavy (non-hydrogen) atoms. The second kappa shape index (κ2) is 5.10. The fourth-order valence-electron chi connectivity index (χ4n) is 1.15. The predicted octanol–water partition coefficient (Wildman–Crippen LogP) is 3.10. The van der Waals surface area contributed by atoms with E-state index < -0.39 is 0 Å². The average molecular weight is 221 g/mol. The maximum atomic E-state index is 11.0. The highest BCUT2D eigenvalue weighted by atomic mass is 16.5. The Morgan fingerprint density at radius 2 is 2.06 bits per heavy atom. The van der Waals surface area contributed by atoms with Gasteiger partial charge in [-0.25, -0.2) is 4.98 Å². The normalized spacial score (nSPS) is 11.2. The van der Waals surface area contributed by atoms with Gasteiger partial charge in [0.15, 0.2) is 5.78 Å². The Morgan fingerprint density at radius 3 is 2.50 bits per heavy atom. The highest BCUT2D eigenvalue weighted by Crippen LogP contribution is 2.19. The molecule has 0 aromatic carbocycles. The number of nitrogens with zero attached hydrogens (tertiary/aromatic N) is 1. The van der Waals surface area contributed by atoms with Gasteiger partial charge in [-0.3, -0.25) is 4.79 Å². The van der Waals surface area contributed by atoms with Gasteiger partial charge in [0, 0.05) is 6.92 Å². The van der Waals surface area contributed by atoms with Crippen LogP contribution >= 0.6 is 0 Å². The summed E-state index contributed by atoms with van der Waals surface area (Å²) in [6, 6.07) is 3.47. The van der Waals surface area contributed by atoms with Crippen LogP contribution in [-0.2, 0) is 0 Å². The van der Waals surface area contributed by atoms with Gasteiger partial charge >= 0.3 is 0 Å². The Morgan fingerprint density at radius 1 is 1.38 bits per heavy atom. The minimum absolute atomic E-state index is 0.0266. The Labute approximate surface area is 96.8 Å². The molecule has 0 N–H and O–H groups in total. The average Bonchev–Trinajstić information content (AvgIpc) is 2.16. The summed E-state index contributed by atoms with van der Waals surface area (Å²) >= 11 is 0. The number of ether oxygens (including phenoxy) is 1. The fourth-order valence-corrected chi connectivity index (χ4v) is 1.15. The summed E-state index contributed by atoms with van der Waals surface area (Å²) in [6.07, 6.45) is 2.58. The van der Waals surface area contributed by atoms with Crippen LogP contribution in [0.25, 0.3) is 0 Å². The summed E-state index contributed by atoms with van der Waals surface area (Å²) < 4.78 is 5.54. The Kier molecular flexibility index (Phi) is 4.05. The van der Waals surface area contributed by atoms with Crippen molar-refractivity contribution in [2.45, 2.75) is 34.1 Å². The fraction of sp³-hybridized carbons (Fsp3) is 0.538. The number of hydrogen-bond donors (Lipinski definition) is 0. The van der Waals surface area contributed by atoms with Gasteiger partial charge in [-0.2, -0.15) is 0 Å². The molecular formula is C13H19NO2. The second-order valence-electron chi connectivity index (χ2n) is 5.09. The maximum Gasteiger partial charge on any atom is 0.178 e. The molecule has 0 aliphatic rings. The highest BCUT2D eigenvalue weighted by Gasteiger charge is 2.10. The van der Waals surface area contributed by atoms with E-state index in [0.717, 1.165) is 6.42 Å². The van der Waals surface area contributed by atoms with E-state index in [1.54, 1.807) is 18.3 Å². The molecular weight excluding hydrogens is 202 g/mol. The zero-order valence-electron chi connectivity index (χ0n) is 10.4. The molecule has 1 aromatic heterocycles. The number of ketones is 1. The van der Waals surface area contributed by atoms with E-state index in [4.69, 9.17) is 4.74 Å². The summed E-state index contributed by atoms with van der Waals surface area (Å²) in [5, 5.41) is 0. The van der Waals surface area contributed by atoms with E-state index in [-0.39, 0.29) is 11.2 Å². The molecule has 3 nitrogen and oxygen atoms in total. The third-order valence-corrected chi connectivity index (χ3v) is 2.22. The highest BCUT2D eigenvalue weighted by molar-refractivity contribution is 5.92. The first-order valence-corrected chi connectivity index (χ1v) is 5.48. The van der Waals surface area contributed by atoms with Gasteiger partial charge < -0.3 is 4.74 Å². The Hall–Kier alpha value is -1.38. The molecule has 0 amide bonds. The number of Topliss-reactive ketones (excluding diaryl/α,β-unsaturated/α-hetero) is 1. The number of aromatic nitrogens is 1. The van der Waals surface area contributed by atoms with Gasteiger partial charge in [-0.05, 0) is 24.0 Å². The van der Waals surface area contributed by atoms with Gasteiger partial charge in [0.05, 0.1) is 12.8 Å². The lowest BCUT2D eigenvalue weighted by atomic mass is 9.93. The summed E-state index contributed by atoms with van der Waals surface area (Å²) in [7, 11) is 0. The molecule has 0 saturated carbocycles. The van der Waals surface area contributed by atoms with Crippen molar-refractivity contribution in [2.24, 2.45) is 5.41 Å². The smallest absolute Gasteiger partial charge is 0.178 e. The largest absolute Gasteiger partial charge is 0.492 e. The number of hydrogen-bond acceptors (Lipinski definition) is 3. The van der Waals surface area contributed by atoms with Crippen molar-refractivity contribution >= 4 is 5.78 Å². The molecule has 0 aliphatic carbocycles. The Bertz CT molecular complexity index is 349. The number of rotatable bonds is 4. The summed E-state index contributed by atoms with van der Waals surface area (Å²) in [4.78, 5) is 15.0. The van der Waals surface area contributed by atoms with Crippen molar-refractivity contribution in [3.8, 4) is 5.75 Å². The molecule has 0 saturated heterocycles. The van der Waals surface area contributed by atoms with Gasteiger partial charge in [-0.15, -0.1) is 0 Å². The zero-order valence-corrected chi connectivity index (χ0v) is 10.4. The standard InChI is InChI=1S/C13H19NO2/c1-10(15)12-6-5-11(9-14-12)16-8-7-13(2,3)4/h5-6,9H,7-8H2,1-4H3. The van der Waals surface area contributed by atoms with Gasteiger partial charge in [0.2, 0.25) is 0 Å². The van der Waals surface area contributed by atoms with Crippen LogP contribution in [0.3, 0.4) is 0 Å². The lowest BCUT2D eigenvalue weighted by Gasteiger charge is -2.17. The third-order valence-electron chi connectivity index (χ3n) is 2.22. The molecule has 3 heteroatoms. The molecule has 88 valence electrons. The Balaban J connectivity index is 2.47. The van der Waals surface area contributed by atoms with Crippen molar-refractivity contribution in [1.82, 2.24) is 4.98 Å². The molecule has 1 aromatic rings. The van der Waals surface area contributed by atoms with E-state index in [1.165, 1.54) is 6.92 Å². The maximum absolute atomic E-state index is 11.0. The first-order chi connectivity index (χ1) is 7.38. The van der Waals surface area contributed by atoms with Crippen LogP contribution in [-0.4, -0.2) is 17.4 Å². The monoisotopic (exact) mass is 221 g/mol. The van der Waals surface area contributed by atoms with Crippen molar-refractivity contribution in [3.05, 3.63) is 24.0 Å². The number of pyridine rings is 1. The number of carbonyl (C=O) groups is 1. The molecule has 0 unspecified atom stereocenters. The van der Waals surface area contributed by atoms with E-state index in [1.807, 2.05) is 0 Å². The molecule has 0 bridgehead atoms. The van der Waals surface area contributed by atoms with E-state index in [9.17, 15) is 4.79 Å². The molecule has 0 aliphatic heterocycles. The topological polar surface area (TPSA) is 39.2 Å². The van der Waals surface area contributed by atoms with E-state index in [2.05, 4.69) is 25.8 Å². The quantitative estimate of drug-likeness (QED) is 0.733. The number of carbonyl (C=O) groups excluding carboxylic acids is 1. The van der Waals surface area contributed by atoms with Crippen LogP contribution in [0, 0.1) is 5.41 Å². The van der Waals surface area contributed by atoms with E-state index in [0.29, 0.717) is 18.1 Å². The van der Waals surface area contributed by atoms with Gasteiger partial charge in [0.1, 0.15) is 11.4 Å². The van der Waals surface area contributed by atoms with Crippen LogP contribution in [0.2, 0.25) is 0 Å². The molecule has 0 spiro atoms. The predicted molar refractivity (Wildman–Crippen MR) is 63.8 cm³/mol. The minimum Gasteiger partial charge on any atom is -0.492 e. The van der Waals surface area contributed by atoms with Gasteiger partial charge in [0.25, 0.3) is 0 Å². The first-order valence-electron chi connectivity index (χ1n) is 5.48. The molecule has 0 radical (unpaired) electrons. The van der Waals surface area contributed by atoms with Crippen LogP contribution in [0.1, 0.15) is 44.6 Å². The van der Waals surface area contributed by atoms with Gasteiger partial charge in [-0.1, -0.05) is 20.8 Å². The van der Waals surface area contributed by atoms with Crippen molar-refractivity contribution in [1.29, 1.82) is 0 Å². The van der Waals surface area contributed by atoms with Crippen molar-refractivity contribution in [2.75, 3.05) is 6.61 Å². The van der Waals surface area contributed by atoms with Crippen LogP contribution in [0.5, 0.6) is 5.75 Å². The van der Waals surface area contributed by atoms with E-state index >= 15 is 0 Å². The molecule has 0 atom stereocenters. The SMILES string of the molecule is CC(=O)c1ccc(OCCC(C)(C)C)cn1. The van der Waals surface area contributed by atoms with Crippen LogP contribution < -0.4 is 4.74 Å². The third kappa shape index (κ3) is 4.43. The second-order valence-corrected chi connectivity index (χ2v) is 5.09. The lowest BCUT2D eigenvalue weighted by molar-refractivity contribution is 0.101. The molecule has 0 fully saturated rings. The molecule has 1 heterocycles. The summed E-state index contributed by atoms with van der Waals surface area (Å²) in [6.45, 7) is 8.70. The van der Waals surface area contributed by atoms with Crippen molar-refractivity contribution < 1.29 is 9.53 Å². The molecule has 1 rings (SSSR count). The zero-order chi connectivity index (χ0) is 12.2. The minimum atomic E-state index is -0.0266. The lowest BCUT2D eigenvalue weighted by Crippen LogP contribution is -2.11. The van der Waals surface area contributed by atoms with Crippen LogP contribution in [0.15, 0.2) is 18.3 Å².